The topological polar surface area (TPSA) is 35.8 Å². The van der Waals surface area contributed by atoms with Crippen LogP contribution in [0.4, 0.5) is 10.1 Å². The van der Waals surface area contributed by atoms with E-state index < -0.39 is 5.82 Å². The molecule has 0 aliphatic rings. The van der Waals surface area contributed by atoms with Gasteiger partial charge in [-0.1, -0.05) is 29.8 Å². The Balaban J connectivity index is 2.14. The summed E-state index contributed by atoms with van der Waals surface area (Å²) in [6.45, 7) is 0.391. The van der Waals surface area contributed by atoms with Gasteiger partial charge in [-0.15, -0.1) is 0 Å². The van der Waals surface area contributed by atoms with Crippen LogP contribution in [0, 0.1) is 17.1 Å². The van der Waals surface area contributed by atoms with Gasteiger partial charge in [-0.25, -0.2) is 4.39 Å². The molecule has 0 aromatic heterocycles. The predicted octanol–water partition coefficient (Wildman–Crippen LogP) is 3.96. The fourth-order valence-electron chi connectivity index (χ4n) is 1.61. The maximum atomic E-state index is 13.5. The molecule has 0 amide bonds. The third-order valence-corrected chi connectivity index (χ3v) is 2.77. The molecule has 2 aromatic carbocycles. The molecule has 0 bridgehead atoms. The molecule has 0 aliphatic heterocycles. The molecule has 2 nitrogen and oxygen atoms in total. The zero-order chi connectivity index (χ0) is 13.0. The molecule has 4 heteroatoms. The van der Waals surface area contributed by atoms with Crippen LogP contribution in [0.25, 0.3) is 0 Å². The van der Waals surface area contributed by atoms with E-state index in [1.165, 1.54) is 6.07 Å². The fraction of sp³-hybridized carbons (Fsp3) is 0.0714. The number of nitrogens with zero attached hydrogens (tertiary/aromatic N) is 1. The highest BCUT2D eigenvalue weighted by atomic mass is 35.5. The number of benzene rings is 2. The molecule has 2 rings (SSSR count). The molecule has 0 spiro atoms. The fourth-order valence-corrected chi connectivity index (χ4v) is 1.77. The van der Waals surface area contributed by atoms with E-state index in [0.717, 1.165) is 5.56 Å². The molecule has 0 fully saturated rings. The van der Waals surface area contributed by atoms with Crippen LogP contribution in [-0.2, 0) is 6.54 Å². The minimum atomic E-state index is -0.406. The van der Waals surface area contributed by atoms with Crippen molar-refractivity contribution in [2.75, 3.05) is 5.32 Å². The summed E-state index contributed by atoms with van der Waals surface area (Å²) in [5, 5.41) is 12.2. The highest BCUT2D eigenvalue weighted by molar-refractivity contribution is 6.30. The Kier molecular flexibility index (Phi) is 3.81. The smallest absolute Gasteiger partial charge is 0.147 e. The van der Waals surface area contributed by atoms with E-state index in [4.69, 9.17) is 16.9 Å². The van der Waals surface area contributed by atoms with Crippen LogP contribution in [-0.4, -0.2) is 0 Å². The highest BCUT2D eigenvalue weighted by Crippen LogP contribution is 2.20. The number of anilines is 1. The average molecular weight is 261 g/mol. The Bertz CT molecular complexity index is 605. The number of rotatable bonds is 3. The molecule has 0 heterocycles. The number of nitrogens with one attached hydrogen (secondary N) is 1. The highest BCUT2D eigenvalue weighted by Gasteiger charge is 2.04. The zero-order valence-corrected chi connectivity index (χ0v) is 10.2. The van der Waals surface area contributed by atoms with Gasteiger partial charge in [-0.2, -0.15) is 5.26 Å². The quantitative estimate of drug-likeness (QED) is 0.907. The average Bonchev–Trinajstić information content (AvgIpc) is 2.38. The molecule has 2 aromatic rings. The molecule has 0 radical (unpaired) electrons. The Labute approximate surface area is 110 Å². The summed E-state index contributed by atoms with van der Waals surface area (Å²) < 4.78 is 13.5. The largest absolute Gasteiger partial charge is 0.379 e. The first-order valence-electron chi connectivity index (χ1n) is 5.37. The van der Waals surface area contributed by atoms with Gasteiger partial charge in [0.25, 0.3) is 0 Å². The van der Waals surface area contributed by atoms with Crippen molar-refractivity contribution in [3.8, 4) is 6.07 Å². The van der Waals surface area contributed by atoms with Gasteiger partial charge in [0, 0.05) is 11.6 Å². The lowest BCUT2D eigenvalue weighted by Gasteiger charge is -2.08. The second-order valence-corrected chi connectivity index (χ2v) is 4.18. The molecule has 0 saturated heterocycles. The van der Waals surface area contributed by atoms with Gasteiger partial charge in [0.2, 0.25) is 0 Å². The Morgan fingerprint density at radius 2 is 2.00 bits per heavy atom. The SMILES string of the molecule is N#Cc1ccccc1CNc1ccc(Cl)cc1F. The van der Waals surface area contributed by atoms with Crippen LogP contribution < -0.4 is 5.32 Å². The van der Waals surface area contributed by atoms with Gasteiger partial charge in [-0.05, 0) is 29.8 Å². The van der Waals surface area contributed by atoms with Crippen molar-refractivity contribution in [2.45, 2.75) is 6.54 Å². The van der Waals surface area contributed by atoms with E-state index in [0.29, 0.717) is 22.8 Å². The van der Waals surface area contributed by atoms with Crippen LogP contribution in [0.1, 0.15) is 11.1 Å². The third-order valence-electron chi connectivity index (χ3n) is 2.54. The summed E-state index contributed by atoms with van der Waals surface area (Å²) in [5.41, 5.74) is 1.78. The van der Waals surface area contributed by atoms with Crippen molar-refractivity contribution in [1.82, 2.24) is 0 Å². The zero-order valence-electron chi connectivity index (χ0n) is 9.45. The Hall–Kier alpha value is -2.05. The first kappa shape index (κ1) is 12.4. The van der Waals surface area contributed by atoms with Crippen molar-refractivity contribution in [1.29, 1.82) is 5.26 Å². The minimum Gasteiger partial charge on any atom is -0.379 e. The van der Waals surface area contributed by atoms with Crippen molar-refractivity contribution in [3.63, 3.8) is 0 Å². The first-order chi connectivity index (χ1) is 8.70. The van der Waals surface area contributed by atoms with Gasteiger partial charge < -0.3 is 5.32 Å². The standard InChI is InChI=1S/C14H10ClFN2/c15-12-5-6-14(13(16)7-12)18-9-11-4-2-1-3-10(11)8-17/h1-7,18H,9H2. The molecule has 90 valence electrons. The van der Waals surface area contributed by atoms with Gasteiger partial charge in [0.15, 0.2) is 0 Å². The van der Waals surface area contributed by atoms with Crippen molar-refractivity contribution in [3.05, 3.63) is 64.4 Å². The maximum Gasteiger partial charge on any atom is 0.147 e. The Morgan fingerprint density at radius 3 is 2.72 bits per heavy atom. The lowest BCUT2D eigenvalue weighted by molar-refractivity contribution is 0.630. The third kappa shape index (κ3) is 2.79. The van der Waals surface area contributed by atoms with E-state index in [9.17, 15) is 4.39 Å². The molecule has 0 aliphatic carbocycles. The van der Waals surface area contributed by atoms with Crippen molar-refractivity contribution in [2.24, 2.45) is 0 Å². The second kappa shape index (κ2) is 5.52. The second-order valence-electron chi connectivity index (χ2n) is 3.75. The monoisotopic (exact) mass is 260 g/mol. The number of halogens is 2. The maximum absolute atomic E-state index is 13.5. The molecular weight excluding hydrogens is 251 g/mol. The van der Waals surface area contributed by atoms with Crippen molar-refractivity contribution < 1.29 is 4.39 Å². The lowest BCUT2D eigenvalue weighted by atomic mass is 10.1. The van der Waals surface area contributed by atoms with E-state index in [2.05, 4.69) is 11.4 Å². The molecule has 0 unspecified atom stereocenters. The number of nitriles is 1. The lowest BCUT2D eigenvalue weighted by Crippen LogP contribution is -2.03. The van der Waals surface area contributed by atoms with Crippen LogP contribution in [0.2, 0.25) is 5.02 Å². The summed E-state index contributed by atoms with van der Waals surface area (Å²) in [7, 11) is 0. The predicted molar refractivity (Wildman–Crippen MR) is 69.9 cm³/mol. The minimum absolute atomic E-state index is 0.357. The van der Waals surface area contributed by atoms with E-state index in [-0.39, 0.29) is 0 Å². The summed E-state index contributed by atoms with van der Waals surface area (Å²) in [5.74, 6) is -0.406. The van der Waals surface area contributed by atoms with E-state index >= 15 is 0 Å². The molecular formula is C14H10ClFN2. The van der Waals surface area contributed by atoms with Gasteiger partial charge in [0.1, 0.15) is 5.82 Å². The summed E-state index contributed by atoms with van der Waals surface area (Å²) >= 11 is 5.67. The summed E-state index contributed by atoms with van der Waals surface area (Å²) in [6, 6.07) is 13.7. The van der Waals surface area contributed by atoms with E-state index in [1.807, 2.05) is 12.1 Å². The van der Waals surface area contributed by atoms with Gasteiger partial charge in [-0.3, -0.25) is 0 Å². The normalized spacial score (nSPS) is 9.83. The van der Waals surface area contributed by atoms with Crippen LogP contribution in [0.15, 0.2) is 42.5 Å². The van der Waals surface area contributed by atoms with Crippen molar-refractivity contribution >= 4 is 17.3 Å². The first-order valence-corrected chi connectivity index (χ1v) is 5.75. The molecule has 0 saturated carbocycles. The number of hydrogen-bond donors (Lipinski definition) is 1. The van der Waals surface area contributed by atoms with Crippen LogP contribution in [0.3, 0.4) is 0 Å². The molecule has 0 atom stereocenters. The van der Waals surface area contributed by atoms with E-state index in [1.54, 1.807) is 24.3 Å². The van der Waals surface area contributed by atoms with Gasteiger partial charge in [0.05, 0.1) is 17.3 Å². The molecule has 1 N–H and O–H groups in total. The van der Waals surface area contributed by atoms with Gasteiger partial charge >= 0.3 is 0 Å². The summed E-state index contributed by atoms with van der Waals surface area (Å²) in [4.78, 5) is 0. The molecule has 18 heavy (non-hydrogen) atoms. The summed E-state index contributed by atoms with van der Waals surface area (Å²) in [6.07, 6.45) is 0. The number of hydrogen-bond acceptors (Lipinski definition) is 2. The Morgan fingerprint density at radius 1 is 1.22 bits per heavy atom. The van der Waals surface area contributed by atoms with Crippen LogP contribution >= 0.6 is 11.6 Å². The van der Waals surface area contributed by atoms with Crippen LogP contribution in [0.5, 0.6) is 0 Å².